The van der Waals surface area contributed by atoms with Crippen molar-refractivity contribution in [2.45, 2.75) is 19.4 Å². The summed E-state index contributed by atoms with van der Waals surface area (Å²) in [4.78, 5) is 0.966. The molecule has 2 heterocycles. The van der Waals surface area contributed by atoms with E-state index in [2.05, 4.69) is 25.5 Å². The van der Waals surface area contributed by atoms with E-state index in [0.717, 1.165) is 27.2 Å². The maximum Gasteiger partial charge on any atom is 0.140 e. The third-order valence-corrected chi connectivity index (χ3v) is 3.63. The zero-order valence-corrected chi connectivity index (χ0v) is 10.5. The molecule has 2 N–H and O–H groups in total. The van der Waals surface area contributed by atoms with Gasteiger partial charge in [-0.1, -0.05) is 11.4 Å². The van der Waals surface area contributed by atoms with Crippen molar-refractivity contribution in [3.63, 3.8) is 0 Å². The van der Waals surface area contributed by atoms with Gasteiger partial charge in [-0.15, -0.1) is 5.10 Å². The molecule has 80 valence electrons. The zero-order valence-electron chi connectivity index (χ0n) is 8.11. The molecule has 0 saturated carbocycles. The molecule has 6 heteroatoms. The van der Waals surface area contributed by atoms with E-state index in [1.165, 1.54) is 11.5 Å². The third-order valence-electron chi connectivity index (χ3n) is 2.13. The van der Waals surface area contributed by atoms with Gasteiger partial charge in [-0.2, -0.15) is 0 Å². The summed E-state index contributed by atoms with van der Waals surface area (Å²) in [5.74, 6) is 0.718. The van der Waals surface area contributed by atoms with Gasteiger partial charge in [-0.3, -0.25) is 0 Å². The molecular weight excluding hydrogens is 278 g/mol. The molecule has 2 rings (SSSR count). The monoisotopic (exact) mass is 287 g/mol. The Labute approximate surface area is 99.8 Å². The molecule has 0 aromatic carbocycles. The van der Waals surface area contributed by atoms with Crippen LogP contribution in [-0.4, -0.2) is 9.59 Å². The summed E-state index contributed by atoms with van der Waals surface area (Å²) in [7, 11) is 0. The van der Waals surface area contributed by atoms with Gasteiger partial charge in [0.2, 0.25) is 0 Å². The van der Waals surface area contributed by atoms with Crippen LogP contribution in [0.5, 0.6) is 0 Å². The molecule has 2 aromatic rings. The molecular formula is C9H10BrN3OS. The van der Waals surface area contributed by atoms with Gasteiger partial charge < -0.3 is 10.2 Å². The lowest BCUT2D eigenvalue weighted by molar-refractivity contribution is 0.488. The largest absolute Gasteiger partial charge is 0.466 e. The van der Waals surface area contributed by atoms with Crippen LogP contribution in [0.3, 0.4) is 0 Å². The van der Waals surface area contributed by atoms with E-state index >= 15 is 0 Å². The third kappa shape index (κ3) is 1.97. The highest BCUT2D eigenvalue weighted by Gasteiger charge is 2.21. The Morgan fingerprint density at radius 2 is 2.47 bits per heavy atom. The second kappa shape index (κ2) is 4.42. The van der Waals surface area contributed by atoms with E-state index in [9.17, 15) is 0 Å². The van der Waals surface area contributed by atoms with Crippen LogP contribution in [0.25, 0.3) is 0 Å². The van der Waals surface area contributed by atoms with Crippen molar-refractivity contribution < 1.29 is 4.42 Å². The second-order valence-electron chi connectivity index (χ2n) is 3.05. The summed E-state index contributed by atoms with van der Waals surface area (Å²) in [6.07, 6.45) is 2.44. The van der Waals surface area contributed by atoms with Gasteiger partial charge in [0.15, 0.2) is 0 Å². The normalized spacial score (nSPS) is 13.0. The average molecular weight is 288 g/mol. The molecule has 4 nitrogen and oxygen atoms in total. The van der Waals surface area contributed by atoms with Crippen LogP contribution in [0.15, 0.2) is 21.2 Å². The number of aryl methyl sites for hydroxylation is 1. The molecule has 0 aliphatic carbocycles. The first-order valence-electron chi connectivity index (χ1n) is 4.53. The molecule has 0 saturated heterocycles. The Kier molecular flexibility index (Phi) is 3.18. The first-order valence-corrected chi connectivity index (χ1v) is 6.10. The summed E-state index contributed by atoms with van der Waals surface area (Å²) in [6, 6.07) is 1.54. The Balaban J connectivity index is 2.36. The number of nitrogens with zero attached hydrogens (tertiary/aromatic N) is 2. The number of hydrogen-bond donors (Lipinski definition) is 1. The lowest BCUT2D eigenvalue weighted by Gasteiger charge is -2.07. The fourth-order valence-electron chi connectivity index (χ4n) is 1.34. The fraction of sp³-hybridized carbons (Fsp3) is 0.333. The van der Waals surface area contributed by atoms with E-state index in [4.69, 9.17) is 10.2 Å². The van der Waals surface area contributed by atoms with Crippen LogP contribution in [0.1, 0.15) is 29.3 Å². The molecule has 15 heavy (non-hydrogen) atoms. The smallest absolute Gasteiger partial charge is 0.140 e. The maximum atomic E-state index is 6.09. The standard InChI is InChI=1S/C9H10BrN3OS/c1-2-6-9(15-13-12-6)7(11)8-5(10)3-4-14-8/h3-4,7H,2,11H2,1H3. The van der Waals surface area contributed by atoms with Crippen LogP contribution in [-0.2, 0) is 6.42 Å². The van der Waals surface area contributed by atoms with Gasteiger partial charge in [-0.25, -0.2) is 0 Å². The van der Waals surface area contributed by atoms with Crippen LogP contribution in [0, 0.1) is 0 Å². The first kappa shape index (κ1) is 10.8. The highest BCUT2D eigenvalue weighted by atomic mass is 79.9. The summed E-state index contributed by atoms with van der Waals surface area (Å²) in [6.45, 7) is 2.03. The molecule has 0 radical (unpaired) electrons. The number of rotatable bonds is 3. The molecule has 0 aliphatic heterocycles. The van der Waals surface area contributed by atoms with Gasteiger partial charge in [-0.05, 0) is 39.9 Å². The Bertz CT molecular complexity index is 454. The molecule has 1 unspecified atom stereocenters. The number of nitrogens with two attached hydrogens (primary N) is 1. The molecule has 2 aromatic heterocycles. The van der Waals surface area contributed by atoms with Crippen molar-refractivity contribution in [2.75, 3.05) is 0 Å². The minimum Gasteiger partial charge on any atom is -0.466 e. The summed E-state index contributed by atoms with van der Waals surface area (Å²) < 4.78 is 10.1. The highest BCUT2D eigenvalue weighted by molar-refractivity contribution is 9.10. The van der Waals surface area contributed by atoms with Crippen molar-refractivity contribution in [3.05, 3.63) is 33.1 Å². The number of aromatic nitrogens is 2. The molecule has 0 fully saturated rings. The van der Waals surface area contributed by atoms with E-state index in [0.29, 0.717) is 0 Å². The lowest BCUT2D eigenvalue weighted by atomic mass is 10.1. The molecule has 1 atom stereocenters. The molecule has 0 spiro atoms. The lowest BCUT2D eigenvalue weighted by Crippen LogP contribution is -2.11. The van der Waals surface area contributed by atoms with Gasteiger partial charge in [0.05, 0.1) is 21.3 Å². The van der Waals surface area contributed by atoms with Gasteiger partial charge >= 0.3 is 0 Å². The number of halogens is 1. The Morgan fingerprint density at radius 1 is 1.67 bits per heavy atom. The highest BCUT2D eigenvalue weighted by Crippen LogP contribution is 2.30. The van der Waals surface area contributed by atoms with Gasteiger partial charge in [0.1, 0.15) is 11.8 Å². The SMILES string of the molecule is CCc1nnsc1C(N)c1occc1Br. The van der Waals surface area contributed by atoms with Crippen molar-refractivity contribution in [2.24, 2.45) is 5.73 Å². The summed E-state index contributed by atoms with van der Waals surface area (Å²) in [5.41, 5.74) is 7.03. The van der Waals surface area contributed by atoms with Crippen molar-refractivity contribution in [1.29, 1.82) is 0 Å². The van der Waals surface area contributed by atoms with Crippen molar-refractivity contribution >= 4 is 27.5 Å². The van der Waals surface area contributed by atoms with Crippen molar-refractivity contribution in [1.82, 2.24) is 9.59 Å². The summed E-state index contributed by atoms with van der Waals surface area (Å²) >= 11 is 4.71. The second-order valence-corrected chi connectivity index (χ2v) is 4.69. The zero-order chi connectivity index (χ0) is 10.8. The van der Waals surface area contributed by atoms with Crippen LogP contribution in [0.4, 0.5) is 0 Å². The van der Waals surface area contributed by atoms with Crippen LogP contribution < -0.4 is 5.73 Å². The van der Waals surface area contributed by atoms with Crippen LogP contribution >= 0.6 is 27.5 Å². The number of furan rings is 1. The van der Waals surface area contributed by atoms with Gasteiger partial charge in [0, 0.05) is 0 Å². The minimum absolute atomic E-state index is 0.288. The predicted octanol–water partition coefficient (Wildman–Crippen LogP) is 2.50. The number of hydrogen-bond acceptors (Lipinski definition) is 5. The average Bonchev–Trinajstić information content (AvgIpc) is 2.84. The minimum atomic E-state index is -0.288. The van der Waals surface area contributed by atoms with Crippen molar-refractivity contribution in [3.8, 4) is 0 Å². The van der Waals surface area contributed by atoms with Crippen LogP contribution in [0.2, 0.25) is 0 Å². The Morgan fingerprint density at radius 3 is 3.07 bits per heavy atom. The quantitative estimate of drug-likeness (QED) is 0.942. The predicted molar refractivity (Wildman–Crippen MR) is 61.7 cm³/mol. The van der Waals surface area contributed by atoms with E-state index in [1.54, 1.807) is 6.26 Å². The fourth-order valence-corrected chi connectivity index (χ4v) is 2.53. The molecule has 0 bridgehead atoms. The molecule has 0 amide bonds. The Hall–Kier alpha value is -0.720. The van der Waals surface area contributed by atoms with E-state index < -0.39 is 0 Å². The molecule has 0 aliphatic rings. The maximum absolute atomic E-state index is 6.09. The van der Waals surface area contributed by atoms with Gasteiger partial charge in [0.25, 0.3) is 0 Å². The van der Waals surface area contributed by atoms with E-state index in [-0.39, 0.29) is 6.04 Å². The summed E-state index contributed by atoms with van der Waals surface area (Å²) in [5, 5.41) is 4.03. The van der Waals surface area contributed by atoms with E-state index in [1.807, 2.05) is 13.0 Å². The first-order chi connectivity index (χ1) is 7.24. The topological polar surface area (TPSA) is 64.9 Å².